The van der Waals surface area contributed by atoms with Crippen molar-refractivity contribution in [3.8, 4) is 5.88 Å². The smallest absolute Gasteiger partial charge is 0.213 e. The number of guanidine groups is 1. The van der Waals surface area contributed by atoms with Crippen molar-refractivity contribution in [1.82, 2.24) is 15.6 Å². The summed E-state index contributed by atoms with van der Waals surface area (Å²) in [6, 6.07) is 3.90. The van der Waals surface area contributed by atoms with Gasteiger partial charge in [0, 0.05) is 32.4 Å². The molecule has 1 atom stereocenters. The third-order valence-electron chi connectivity index (χ3n) is 3.79. The van der Waals surface area contributed by atoms with Gasteiger partial charge in [-0.1, -0.05) is 33.1 Å². The van der Waals surface area contributed by atoms with Gasteiger partial charge in [-0.15, -0.1) is 0 Å². The van der Waals surface area contributed by atoms with Crippen molar-refractivity contribution in [2.75, 3.05) is 20.7 Å². The molecule has 0 aromatic carbocycles. The Bertz CT molecular complexity index is 448. The van der Waals surface area contributed by atoms with E-state index in [1.807, 2.05) is 12.1 Å². The summed E-state index contributed by atoms with van der Waals surface area (Å²) in [5.74, 6) is 2.18. The van der Waals surface area contributed by atoms with Crippen LogP contribution in [0, 0.1) is 5.92 Å². The summed E-state index contributed by atoms with van der Waals surface area (Å²) in [6.45, 7) is 6.16. The third kappa shape index (κ3) is 6.78. The Morgan fingerprint density at radius 2 is 2.18 bits per heavy atom. The van der Waals surface area contributed by atoms with E-state index in [2.05, 4.69) is 34.5 Å². The molecule has 22 heavy (non-hydrogen) atoms. The Balaban J connectivity index is 2.41. The van der Waals surface area contributed by atoms with Gasteiger partial charge >= 0.3 is 0 Å². The Labute approximate surface area is 134 Å². The lowest BCUT2D eigenvalue weighted by Gasteiger charge is -2.18. The van der Waals surface area contributed by atoms with Gasteiger partial charge in [0.05, 0.1) is 7.11 Å². The minimum atomic E-state index is 0.632. The minimum Gasteiger partial charge on any atom is -0.481 e. The van der Waals surface area contributed by atoms with E-state index in [0.29, 0.717) is 18.3 Å². The Morgan fingerprint density at radius 1 is 1.36 bits per heavy atom. The van der Waals surface area contributed by atoms with Gasteiger partial charge in [-0.2, -0.15) is 0 Å². The molecule has 0 radical (unpaired) electrons. The fraction of sp³-hybridized carbons (Fsp3) is 0.647. The number of unbranched alkanes of at least 4 members (excludes halogenated alkanes) is 1. The first-order valence-electron chi connectivity index (χ1n) is 8.16. The molecule has 124 valence electrons. The van der Waals surface area contributed by atoms with Crippen LogP contribution in [0.15, 0.2) is 23.3 Å². The van der Waals surface area contributed by atoms with Crippen LogP contribution in [-0.2, 0) is 6.54 Å². The zero-order chi connectivity index (χ0) is 16.2. The van der Waals surface area contributed by atoms with E-state index in [9.17, 15) is 0 Å². The second kappa shape index (κ2) is 10.9. The Hall–Kier alpha value is -1.78. The number of methoxy groups -OCH3 is 1. The van der Waals surface area contributed by atoms with Crippen molar-refractivity contribution >= 4 is 5.96 Å². The topological polar surface area (TPSA) is 58.5 Å². The summed E-state index contributed by atoms with van der Waals surface area (Å²) in [4.78, 5) is 8.39. The maximum Gasteiger partial charge on any atom is 0.213 e. The van der Waals surface area contributed by atoms with E-state index < -0.39 is 0 Å². The van der Waals surface area contributed by atoms with Crippen molar-refractivity contribution in [3.05, 3.63) is 23.9 Å². The first-order valence-corrected chi connectivity index (χ1v) is 8.16. The van der Waals surface area contributed by atoms with Crippen LogP contribution in [0.25, 0.3) is 0 Å². The molecule has 5 heteroatoms. The first kappa shape index (κ1) is 18.3. The van der Waals surface area contributed by atoms with Gasteiger partial charge in [0.2, 0.25) is 5.88 Å². The lowest BCUT2D eigenvalue weighted by Crippen LogP contribution is -2.39. The van der Waals surface area contributed by atoms with Gasteiger partial charge < -0.3 is 15.4 Å². The Morgan fingerprint density at radius 3 is 2.82 bits per heavy atom. The lowest BCUT2D eigenvalue weighted by atomic mass is 9.99. The predicted molar refractivity (Wildman–Crippen MR) is 92.3 cm³/mol. The maximum atomic E-state index is 5.13. The highest BCUT2D eigenvalue weighted by Crippen LogP contribution is 2.11. The summed E-state index contributed by atoms with van der Waals surface area (Å²) < 4.78 is 5.13. The Kier molecular flexibility index (Phi) is 9.03. The zero-order valence-electron chi connectivity index (χ0n) is 14.4. The molecule has 1 unspecified atom stereocenters. The van der Waals surface area contributed by atoms with Gasteiger partial charge in [-0.25, -0.2) is 4.98 Å². The molecule has 2 N–H and O–H groups in total. The van der Waals surface area contributed by atoms with Gasteiger partial charge in [-0.3, -0.25) is 4.99 Å². The molecule has 0 aliphatic heterocycles. The molecular weight excluding hydrogens is 276 g/mol. The molecule has 1 rings (SSSR count). The second-order valence-corrected chi connectivity index (χ2v) is 5.43. The van der Waals surface area contributed by atoms with E-state index in [0.717, 1.165) is 18.1 Å². The number of aromatic nitrogens is 1. The predicted octanol–water partition coefficient (Wildman–Crippen LogP) is 2.97. The molecule has 1 aromatic heterocycles. The van der Waals surface area contributed by atoms with Crippen LogP contribution in [0.4, 0.5) is 0 Å². The SMILES string of the molecule is CCCCC(CC)CNC(=NC)NCc1ccnc(OC)c1. The van der Waals surface area contributed by atoms with Crippen molar-refractivity contribution in [2.24, 2.45) is 10.9 Å². The summed E-state index contributed by atoms with van der Waals surface area (Å²) in [6.07, 6.45) is 6.78. The van der Waals surface area contributed by atoms with Crippen LogP contribution >= 0.6 is 0 Å². The molecule has 0 spiro atoms. The first-order chi connectivity index (χ1) is 10.7. The second-order valence-electron chi connectivity index (χ2n) is 5.43. The third-order valence-corrected chi connectivity index (χ3v) is 3.79. The lowest BCUT2D eigenvalue weighted by molar-refractivity contribution is 0.397. The average molecular weight is 306 g/mol. The van der Waals surface area contributed by atoms with Crippen LogP contribution in [0.3, 0.4) is 0 Å². The highest BCUT2D eigenvalue weighted by atomic mass is 16.5. The van der Waals surface area contributed by atoms with Crippen LogP contribution in [0.5, 0.6) is 5.88 Å². The molecule has 1 heterocycles. The van der Waals surface area contributed by atoms with Gasteiger partial charge in [0.1, 0.15) is 0 Å². The van der Waals surface area contributed by atoms with E-state index in [-0.39, 0.29) is 0 Å². The molecular formula is C17H30N4O. The van der Waals surface area contributed by atoms with Gasteiger partial charge in [-0.05, 0) is 24.0 Å². The average Bonchev–Trinajstić information content (AvgIpc) is 2.57. The molecule has 0 saturated heterocycles. The monoisotopic (exact) mass is 306 g/mol. The van der Waals surface area contributed by atoms with Gasteiger partial charge in [0.15, 0.2) is 5.96 Å². The zero-order valence-corrected chi connectivity index (χ0v) is 14.4. The van der Waals surface area contributed by atoms with Crippen molar-refractivity contribution in [3.63, 3.8) is 0 Å². The van der Waals surface area contributed by atoms with E-state index >= 15 is 0 Å². The highest BCUT2D eigenvalue weighted by molar-refractivity contribution is 5.79. The number of rotatable bonds is 9. The largest absolute Gasteiger partial charge is 0.481 e. The number of aliphatic imine (C=N–C) groups is 1. The summed E-state index contributed by atoms with van der Waals surface area (Å²) >= 11 is 0. The summed E-state index contributed by atoms with van der Waals surface area (Å²) in [5.41, 5.74) is 1.12. The molecule has 0 saturated carbocycles. The van der Waals surface area contributed by atoms with Crippen LogP contribution in [0.2, 0.25) is 0 Å². The number of nitrogens with zero attached hydrogens (tertiary/aromatic N) is 2. The van der Waals surface area contributed by atoms with Crippen molar-refractivity contribution in [2.45, 2.75) is 46.1 Å². The van der Waals surface area contributed by atoms with Crippen molar-refractivity contribution < 1.29 is 4.74 Å². The quantitative estimate of drug-likeness (QED) is 0.544. The number of hydrogen-bond acceptors (Lipinski definition) is 3. The van der Waals surface area contributed by atoms with Crippen LogP contribution in [0.1, 0.15) is 45.1 Å². The molecule has 0 fully saturated rings. The maximum absolute atomic E-state index is 5.13. The minimum absolute atomic E-state index is 0.632. The molecule has 1 aromatic rings. The molecule has 0 amide bonds. The number of ether oxygens (including phenoxy) is 1. The summed E-state index contributed by atoms with van der Waals surface area (Å²) in [7, 11) is 3.43. The fourth-order valence-electron chi connectivity index (χ4n) is 2.26. The van der Waals surface area contributed by atoms with E-state index in [1.165, 1.54) is 25.7 Å². The standard InChI is InChI=1S/C17H30N4O/c1-5-7-8-14(6-2)12-20-17(18-3)21-13-15-9-10-19-16(11-15)22-4/h9-11,14H,5-8,12-13H2,1-4H3,(H2,18,20,21). The number of nitrogens with one attached hydrogen (secondary N) is 2. The van der Waals surface area contributed by atoms with E-state index in [4.69, 9.17) is 4.74 Å². The molecule has 0 bridgehead atoms. The number of hydrogen-bond donors (Lipinski definition) is 2. The molecule has 0 aliphatic carbocycles. The fourth-order valence-corrected chi connectivity index (χ4v) is 2.26. The van der Waals surface area contributed by atoms with Gasteiger partial charge in [0.25, 0.3) is 0 Å². The van der Waals surface area contributed by atoms with Crippen LogP contribution < -0.4 is 15.4 Å². The normalized spacial score (nSPS) is 12.8. The number of pyridine rings is 1. The molecule has 5 nitrogen and oxygen atoms in total. The van der Waals surface area contributed by atoms with E-state index in [1.54, 1.807) is 20.4 Å². The summed E-state index contributed by atoms with van der Waals surface area (Å²) in [5, 5.41) is 6.75. The molecule has 0 aliphatic rings. The van der Waals surface area contributed by atoms with Crippen molar-refractivity contribution in [1.29, 1.82) is 0 Å². The van der Waals surface area contributed by atoms with Crippen LogP contribution in [-0.4, -0.2) is 31.6 Å². The highest BCUT2D eigenvalue weighted by Gasteiger charge is 2.07.